The number of sulfonamides is 1. The Balaban J connectivity index is 2.13. The van der Waals surface area contributed by atoms with E-state index in [2.05, 4.69) is 15.2 Å². The van der Waals surface area contributed by atoms with Crippen LogP contribution in [0.5, 0.6) is 11.5 Å². The number of benzene rings is 2. The lowest BCUT2D eigenvalue weighted by molar-refractivity contribution is -0.114. The minimum absolute atomic E-state index is 0.0236. The molecule has 0 saturated heterocycles. The van der Waals surface area contributed by atoms with Crippen molar-refractivity contribution in [2.45, 2.75) is 25.7 Å². The van der Waals surface area contributed by atoms with Crippen LogP contribution in [-0.2, 0) is 14.8 Å². The van der Waals surface area contributed by atoms with E-state index in [1.807, 2.05) is 13.8 Å². The summed E-state index contributed by atoms with van der Waals surface area (Å²) in [6.07, 6.45) is 1.37. The van der Waals surface area contributed by atoms with Gasteiger partial charge in [0.05, 0.1) is 24.3 Å². The van der Waals surface area contributed by atoms with E-state index in [0.717, 1.165) is 0 Å². The number of rotatable bonds is 9. The Morgan fingerprint density at radius 1 is 1.07 bits per heavy atom. The monoisotopic (exact) mass is 405 g/mol. The van der Waals surface area contributed by atoms with Crippen LogP contribution in [0.3, 0.4) is 0 Å². The second-order valence-corrected chi connectivity index (χ2v) is 7.28. The zero-order valence-electron chi connectivity index (χ0n) is 15.9. The van der Waals surface area contributed by atoms with Crippen molar-refractivity contribution in [1.82, 2.24) is 4.83 Å². The molecule has 0 unspecified atom stereocenters. The molecule has 2 rings (SSSR count). The number of nitrogens with zero attached hydrogens (tertiary/aromatic N) is 1. The molecule has 2 N–H and O–H groups in total. The van der Waals surface area contributed by atoms with Gasteiger partial charge in [-0.25, -0.2) is 4.83 Å². The van der Waals surface area contributed by atoms with Crippen LogP contribution in [0, 0.1) is 0 Å². The molecule has 0 radical (unpaired) electrons. The van der Waals surface area contributed by atoms with Gasteiger partial charge in [0.15, 0.2) is 0 Å². The predicted molar refractivity (Wildman–Crippen MR) is 107 cm³/mol. The second-order valence-electron chi connectivity index (χ2n) is 5.62. The number of hydrazone groups is 1. The Hall–Kier alpha value is -3.07. The van der Waals surface area contributed by atoms with E-state index in [9.17, 15) is 13.2 Å². The fourth-order valence-corrected chi connectivity index (χ4v) is 3.09. The van der Waals surface area contributed by atoms with E-state index >= 15 is 0 Å². The highest BCUT2D eigenvalue weighted by atomic mass is 32.2. The molecule has 0 bridgehead atoms. The highest BCUT2D eigenvalue weighted by Gasteiger charge is 2.13. The minimum atomic E-state index is -3.84. The molecule has 0 spiro atoms. The topological polar surface area (TPSA) is 106 Å². The second kappa shape index (κ2) is 9.75. The van der Waals surface area contributed by atoms with Crippen LogP contribution in [0.4, 0.5) is 5.69 Å². The van der Waals surface area contributed by atoms with Crippen molar-refractivity contribution < 1.29 is 22.7 Å². The van der Waals surface area contributed by atoms with Gasteiger partial charge in [-0.1, -0.05) is 0 Å². The normalized spacial score (nSPS) is 11.2. The van der Waals surface area contributed by atoms with Gasteiger partial charge in [0.2, 0.25) is 5.91 Å². The van der Waals surface area contributed by atoms with Gasteiger partial charge in [0.25, 0.3) is 10.0 Å². The maximum absolute atomic E-state index is 12.3. The number of carbonyl (C=O) groups is 1. The molecule has 0 atom stereocenters. The lowest BCUT2D eigenvalue weighted by Gasteiger charge is -2.10. The molecule has 0 heterocycles. The van der Waals surface area contributed by atoms with Gasteiger partial charge in [-0.15, -0.1) is 0 Å². The smallest absolute Gasteiger partial charge is 0.276 e. The minimum Gasteiger partial charge on any atom is -0.494 e. The molecule has 0 aliphatic heterocycles. The number of carbonyl (C=O) groups excluding carboxylic acids is 1. The summed E-state index contributed by atoms with van der Waals surface area (Å²) in [7, 11) is -3.84. The Morgan fingerprint density at radius 3 is 2.36 bits per heavy atom. The first-order valence-electron chi connectivity index (χ1n) is 8.68. The summed E-state index contributed by atoms with van der Waals surface area (Å²) in [4.78, 5) is 13.2. The average molecular weight is 405 g/mol. The molecule has 0 saturated carbocycles. The molecule has 0 aliphatic rings. The fraction of sp³-hybridized carbons (Fsp3) is 0.263. The van der Waals surface area contributed by atoms with Gasteiger partial charge in [-0.05, 0) is 50.2 Å². The van der Waals surface area contributed by atoms with Gasteiger partial charge in [-0.2, -0.15) is 13.5 Å². The van der Waals surface area contributed by atoms with Crippen molar-refractivity contribution in [2.75, 3.05) is 18.5 Å². The lowest BCUT2D eigenvalue weighted by atomic mass is 10.2. The van der Waals surface area contributed by atoms with Gasteiger partial charge in [0.1, 0.15) is 11.5 Å². The Kier molecular flexibility index (Phi) is 7.39. The summed E-state index contributed by atoms with van der Waals surface area (Å²) >= 11 is 0. The third-order valence-electron chi connectivity index (χ3n) is 3.46. The first kappa shape index (κ1) is 21.2. The van der Waals surface area contributed by atoms with Crippen LogP contribution in [0.2, 0.25) is 0 Å². The standard InChI is InChI=1S/C19H23N3O5S/c1-4-26-17-9-6-15(19(12-17)27-5-2)13-20-22-28(24,25)18-10-7-16(8-11-18)21-14(3)23/h6-13,22H,4-5H2,1-3H3,(H,21,23)/b20-13+. The van der Waals surface area contributed by atoms with Crippen LogP contribution >= 0.6 is 0 Å². The Morgan fingerprint density at radius 2 is 1.75 bits per heavy atom. The fourth-order valence-electron chi connectivity index (χ4n) is 2.30. The van der Waals surface area contributed by atoms with Crippen molar-refractivity contribution in [3.05, 3.63) is 48.0 Å². The number of hydrogen-bond donors (Lipinski definition) is 2. The van der Waals surface area contributed by atoms with Crippen molar-refractivity contribution in [2.24, 2.45) is 5.10 Å². The van der Waals surface area contributed by atoms with Crippen LogP contribution in [0.25, 0.3) is 0 Å². The highest BCUT2D eigenvalue weighted by Crippen LogP contribution is 2.24. The maximum atomic E-state index is 12.3. The van der Waals surface area contributed by atoms with E-state index in [-0.39, 0.29) is 10.8 Å². The van der Waals surface area contributed by atoms with E-state index in [4.69, 9.17) is 9.47 Å². The zero-order valence-corrected chi connectivity index (χ0v) is 16.7. The Bertz CT molecular complexity index is 941. The number of ether oxygens (including phenoxy) is 2. The van der Waals surface area contributed by atoms with Crippen LogP contribution in [0.15, 0.2) is 52.5 Å². The molecular formula is C19H23N3O5S. The molecule has 0 aromatic heterocycles. The molecule has 2 aromatic carbocycles. The van der Waals surface area contributed by atoms with Crippen molar-refractivity contribution in [3.63, 3.8) is 0 Å². The predicted octanol–water partition coefficient (Wildman–Crippen LogP) is 2.75. The molecule has 8 nitrogen and oxygen atoms in total. The van der Waals surface area contributed by atoms with Crippen molar-refractivity contribution >= 4 is 27.8 Å². The number of anilines is 1. The molecular weight excluding hydrogens is 382 g/mol. The van der Waals surface area contributed by atoms with Crippen molar-refractivity contribution in [1.29, 1.82) is 0 Å². The Labute approximate surface area is 164 Å². The zero-order chi connectivity index (χ0) is 20.6. The molecule has 150 valence electrons. The van der Waals surface area contributed by atoms with E-state index in [1.165, 1.54) is 37.4 Å². The summed E-state index contributed by atoms with van der Waals surface area (Å²) in [6, 6.07) is 11.0. The van der Waals surface area contributed by atoms with Crippen LogP contribution < -0.4 is 19.6 Å². The molecule has 2 aromatic rings. The maximum Gasteiger partial charge on any atom is 0.276 e. The first-order chi connectivity index (χ1) is 13.4. The summed E-state index contributed by atoms with van der Waals surface area (Å²) in [5, 5.41) is 6.40. The molecule has 0 fully saturated rings. The van der Waals surface area contributed by atoms with Gasteiger partial charge in [0, 0.05) is 24.2 Å². The summed E-state index contributed by atoms with van der Waals surface area (Å²) in [5.41, 5.74) is 1.11. The van der Waals surface area contributed by atoms with E-state index in [1.54, 1.807) is 18.2 Å². The van der Waals surface area contributed by atoms with Gasteiger partial charge < -0.3 is 14.8 Å². The molecule has 9 heteroatoms. The van der Waals surface area contributed by atoms with E-state index in [0.29, 0.717) is 36.0 Å². The lowest BCUT2D eigenvalue weighted by Crippen LogP contribution is -2.18. The molecule has 0 aliphatic carbocycles. The number of amides is 1. The summed E-state index contributed by atoms with van der Waals surface area (Å²) in [5.74, 6) is 0.956. The van der Waals surface area contributed by atoms with Crippen LogP contribution in [0.1, 0.15) is 26.3 Å². The van der Waals surface area contributed by atoms with E-state index < -0.39 is 10.0 Å². The number of hydrogen-bond acceptors (Lipinski definition) is 6. The summed E-state index contributed by atoms with van der Waals surface area (Å²) < 4.78 is 35.7. The first-order valence-corrected chi connectivity index (χ1v) is 10.2. The third-order valence-corrected chi connectivity index (χ3v) is 4.70. The number of nitrogens with one attached hydrogen (secondary N) is 2. The van der Waals surface area contributed by atoms with Crippen molar-refractivity contribution in [3.8, 4) is 11.5 Å². The average Bonchev–Trinajstić information content (AvgIpc) is 2.64. The van der Waals surface area contributed by atoms with Crippen LogP contribution in [-0.4, -0.2) is 33.8 Å². The SMILES string of the molecule is CCOc1ccc(/C=N/NS(=O)(=O)c2ccc(NC(C)=O)cc2)c(OCC)c1. The third kappa shape index (κ3) is 5.98. The molecule has 1 amide bonds. The highest BCUT2D eigenvalue weighted by molar-refractivity contribution is 7.89. The quantitative estimate of drug-likeness (QED) is 0.493. The van der Waals surface area contributed by atoms with Gasteiger partial charge >= 0.3 is 0 Å². The largest absolute Gasteiger partial charge is 0.494 e. The molecule has 28 heavy (non-hydrogen) atoms. The van der Waals surface area contributed by atoms with Gasteiger partial charge in [-0.3, -0.25) is 4.79 Å². The summed E-state index contributed by atoms with van der Waals surface area (Å²) in [6.45, 7) is 6.08.